The number of pyridine rings is 1. The number of halogens is 2. The molecule has 3 aromatic rings. The lowest BCUT2D eigenvalue weighted by molar-refractivity contribution is 0.0510. The molecule has 8 nitrogen and oxygen atoms in total. The minimum Gasteiger partial charge on any atom is -0.483 e. The summed E-state index contributed by atoms with van der Waals surface area (Å²) >= 11 is 0. The normalized spacial score (nSPS) is 20.2. The van der Waals surface area contributed by atoms with Crippen LogP contribution in [0.2, 0.25) is 0 Å². The molecule has 0 saturated carbocycles. The van der Waals surface area contributed by atoms with Gasteiger partial charge in [0.15, 0.2) is 11.4 Å². The van der Waals surface area contributed by atoms with E-state index in [-0.39, 0.29) is 53.8 Å². The lowest BCUT2D eigenvalue weighted by Gasteiger charge is -2.36. The number of benzene rings is 2. The van der Waals surface area contributed by atoms with Crippen LogP contribution in [0.1, 0.15) is 44.8 Å². The number of rotatable bonds is 6. The van der Waals surface area contributed by atoms with Gasteiger partial charge in [0.05, 0.1) is 6.54 Å². The molecule has 2 fully saturated rings. The average molecular weight is 521 g/mol. The molecule has 3 aliphatic heterocycles. The number of aromatic nitrogens is 1. The quantitative estimate of drug-likeness (QED) is 0.541. The van der Waals surface area contributed by atoms with Crippen molar-refractivity contribution < 1.29 is 23.1 Å². The fourth-order valence-corrected chi connectivity index (χ4v) is 5.67. The van der Waals surface area contributed by atoms with Crippen molar-refractivity contribution in [2.24, 2.45) is 0 Å². The maximum absolute atomic E-state index is 14.1. The van der Waals surface area contributed by atoms with E-state index in [1.807, 2.05) is 30.3 Å². The maximum Gasteiger partial charge on any atom is 0.275 e. The molecule has 0 spiro atoms. The molecule has 0 bridgehead atoms. The van der Waals surface area contributed by atoms with Gasteiger partial charge in [-0.3, -0.25) is 19.3 Å². The fourth-order valence-electron chi connectivity index (χ4n) is 5.67. The van der Waals surface area contributed by atoms with E-state index in [0.29, 0.717) is 13.1 Å². The Balaban J connectivity index is 1.35. The number of ether oxygens (including phenoxy) is 1. The summed E-state index contributed by atoms with van der Waals surface area (Å²) in [6.45, 7) is 1.69. The number of nitrogens with one attached hydrogen (secondary N) is 1. The summed E-state index contributed by atoms with van der Waals surface area (Å²) in [6.07, 6.45) is 3.32. The smallest absolute Gasteiger partial charge is 0.275 e. The predicted molar refractivity (Wildman–Crippen MR) is 134 cm³/mol. The highest BCUT2D eigenvalue weighted by atomic mass is 19.1. The monoisotopic (exact) mass is 520 g/mol. The van der Waals surface area contributed by atoms with Gasteiger partial charge in [-0.15, -0.1) is 0 Å². The van der Waals surface area contributed by atoms with Crippen LogP contribution in [0.3, 0.4) is 0 Å². The molecule has 2 unspecified atom stereocenters. The molecule has 2 saturated heterocycles. The molecule has 4 heterocycles. The Morgan fingerprint density at radius 3 is 2.68 bits per heavy atom. The Morgan fingerprint density at radius 2 is 1.89 bits per heavy atom. The Morgan fingerprint density at radius 1 is 1.08 bits per heavy atom. The molecule has 196 valence electrons. The molecule has 2 atom stereocenters. The van der Waals surface area contributed by atoms with Crippen molar-refractivity contribution in [3.63, 3.8) is 0 Å². The van der Waals surface area contributed by atoms with Crippen molar-refractivity contribution in [2.75, 3.05) is 13.1 Å². The predicted octanol–water partition coefficient (Wildman–Crippen LogP) is 2.90. The Bertz CT molecular complexity index is 1480. The van der Waals surface area contributed by atoms with E-state index in [1.54, 1.807) is 9.47 Å². The van der Waals surface area contributed by atoms with Gasteiger partial charge in [-0.05, 0) is 24.5 Å². The highest BCUT2D eigenvalue weighted by Gasteiger charge is 2.48. The van der Waals surface area contributed by atoms with Gasteiger partial charge in [-0.1, -0.05) is 36.4 Å². The Kier molecular flexibility index (Phi) is 6.19. The van der Waals surface area contributed by atoms with Gasteiger partial charge in [0.2, 0.25) is 5.43 Å². The lowest BCUT2D eigenvalue weighted by Crippen LogP contribution is -2.50. The van der Waals surface area contributed by atoms with E-state index in [9.17, 15) is 23.2 Å². The Labute approximate surface area is 217 Å². The van der Waals surface area contributed by atoms with E-state index < -0.39 is 23.0 Å². The van der Waals surface area contributed by atoms with Crippen molar-refractivity contribution in [1.29, 1.82) is 0 Å². The SMILES string of the molecule is O=C(NCc1ccc(F)cc1F)c1cn2c(c(OCc3ccccc3)c1=O)C(=O)N1CC3CCCN3C1C2. The molecule has 0 radical (unpaired) electrons. The first-order valence-corrected chi connectivity index (χ1v) is 12.6. The number of carbonyl (C=O) groups is 2. The van der Waals surface area contributed by atoms with Gasteiger partial charge in [0.1, 0.15) is 30.0 Å². The number of carbonyl (C=O) groups excluding carboxylic acids is 2. The van der Waals surface area contributed by atoms with Crippen molar-refractivity contribution in [2.45, 2.75) is 44.7 Å². The van der Waals surface area contributed by atoms with Crippen LogP contribution in [0.15, 0.2) is 59.5 Å². The minimum absolute atomic E-state index is 0.0421. The molecule has 6 rings (SSSR count). The van der Waals surface area contributed by atoms with Gasteiger partial charge < -0.3 is 19.5 Å². The Hall–Kier alpha value is -4.05. The van der Waals surface area contributed by atoms with Gasteiger partial charge in [0.25, 0.3) is 11.8 Å². The highest BCUT2D eigenvalue weighted by Crippen LogP contribution is 2.35. The molecular weight excluding hydrogens is 494 g/mol. The molecule has 38 heavy (non-hydrogen) atoms. The maximum atomic E-state index is 14.1. The number of hydrogen-bond acceptors (Lipinski definition) is 5. The summed E-state index contributed by atoms with van der Waals surface area (Å²) in [5.74, 6) is -2.73. The van der Waals surface area contributed by atoms with Crippen LogP contribution in [0.5, 0.6) is 5.75 Å². The average Bonchev–Trinajstić information content (AvgIpc) is 3.51. The van der Waals surface area contributed by atoms with E-state index in [0.717, 1.165) is 37.1 Å². The molecule has 0 aliphatic carbocycles. The molecule has 1 aromatic heterocycles. The summed E-state index contributed by atoms with van der Waals surface area (Å²) in [5.41, 5.74) is 0.0854. The third-order valence-corrected chi connectivity index (χ3v) is 7.56. The van der Waals surface area contributed by atoms with Crippen molar-refractivity contribution >= 4 is 11.8 Å². The molecule has 1 N–H and O–H groups in total. The first kappa shape index (κ1) is 24.3. The highest BCUT2D eigenvalue weighted by molar-refractivity contribution is 5.99. The van der Waals surface area contributed by atoms with Crippen LogP contribution >= 0.6 is 0 Å². The summed E-state index contributed by atoms with van der Waals surface area (Å²) in [5, 5.41) is 2.54. The van der Waals surface area contributed by atoms with Gasteiger partial charge >= 0.3 is 0 Å². The van der Waals surface area contributed by atoms with E-state index in [2.05, 4.69) is 10.2 Å². The van der Waals surface area contributed by atoms with E-state index in [4.69, 9.17) is 4.74 Å². The number of nitrogens with zero attached hydrogens (tertiary/aromatic N) is 3. The van der Waals surface area contributed by atoms with Crippen LogP contribution in [0, 0.1) is 11.6 Å². The van der Waals surface area contributed by atoms with Crippen LogP contribution in [-0.4, -0.2) is 51.5 Å². The molecule has 10 heteroatoms. The third-order valence-electron chi connectivity index (χ3n) is 7.56. The zero-order valence-corrected chi connectivity index (χ0v) is 20.5. The van der Waals surface area contributed by atoms with Crippen LogP contribution < -0.4 is 15.5 Å². The molecule has 2 amide bonds. The second-order valence-corrected chi connectivity index (χ2v) is 9.87. The molecule has 3 aliphatic rings. The number of hydrogen-bond donors (Lipinski definition) is 1. The van der Waals surface area contributed by atoms with Crippen LogP contribution in [0.25, 0.3) is 0 Å². The summed E-state index contributed by atoms with van der Waals surface area (Å²) in [6, 6.07) is 12.6. The summed E-state index contributed by atoms with van der Waals surface area (Å²) < 4.78 is 34.9. The number of fused-ring (bicyclic) bond motifs is 4. The van der Waals surface area contributed by atoms with Gasteiger partial charge in [-0.25, -0.2) is 8.78 Å². The molecule has 2 aromatic carbocycles. The lowest BCUT2D eigenvalue weighted by atomic mass is 10.1. The summed E-state index contributed by atoms with van der Waals surface area (Å²) in [7, 11) is 0. The van der Waals surface area contributed by atoms with Gasteiger partial charge in [-0.2, -0.15) is 0 Å². The minimum atomic E-state index is -0.800. The number of amides is 2. The van der Waals surface area contributed by atoms with Gasteiger partial charge in [0, 0.05) is 43.5 Å². The second kappa shape index (κ2) is 9.68. The van der Waals surface area contributed by atoms with Crippen molar-refractivity contribution in [1.82, 2.24) is 19.7 Å². The zero-order valence-electron chi connectivity index (χ0n) is 20.5. The van der Waals surface area contributed by atoms with Crippen molar-refractivity contribution in [3.8, 4) is 5.75 Å². The van der Waals surface area contributed by atoms with E-state index >= 15 is 0 Å². The van der Waals surface area contributed by atoms with Crippen LogP contribution in [0.4, 0.5) is 8.78 Å². The summed E-state index contributed by atoms with van der Waals surface area (Å²) in [4.78, 5) is 44.5. The molecular formula is C28H26F2N4O4. The van der Waals surface area contributed by atoms with E-state index in [1.165, 1.54) is 12.3 Å². The largest absolute Gasteiger partial charge is 0.483 e. The van der Waals surface area contributed by atoms with Crippen LogP contribution in [-0.2, 0) is 19.7 Å². The first-order chi connectivity index (χ1) is 18.4. The fraction of sp³-hybridized carbons (Fsp3) is 0.321. The second-order valence-electron chi connectivity index (χ2n) is 9.87. The standard InChI is InChI=1S/C28H26F2N4O4/c29-19-9-8-18(22(30)11-19)12-31-27(36)21-14-32-15-23-33-10-4-7-20(33)13-34(23)28(37)24(32)26(25(21)35)38-16-17-5-2-1-3-6-17/h1-3,5-6,8-9,11,14,20,23H,4,7,10,12-13,15-16H2,(H,31,36). The first-order valence-electron chi connectivity index (χ1n) is 12.6. The topological polar surface area (TPSA) is 83.9 Å². The zero-order chi connectivity index (χ0) is 26.4. The van der Waals surface area contributed by atoms with Crippen molar-refractivity contribution in [3.05, 3.63) is 99.0 Å². The third kappa shape index (κ3) is 4.24.